The van der Waals surface area contributed by atoms with E-state index in [0.717, 1.165) is 37.7 Å². The number of ether oxygens (including phenoxy) is 1. The molecule has 1 atom stereocenters. The molecule has 2 rings (SSSR count). The predicted octanol–water partition coefficient (Wildman–Crippen LogP) is 5.60. The fourth-order valence-corrected chi connectivity index (χ4v) is 3.05. The number of nitrogens with zero attached hydrogens (tertiary/aromatic N) is 2. The van der Waals surface area contributed by atoms with Crippen molar-refractivity contribution >= 4 is 6.09 Å². The molecule has 0 aliphatic carbocycles. The molecule has 1 aromatic heterocycles. The first-order valence-electron chi connectivity index (χ1n) is 9.91. The van der Waals surface area contributed by atoms with Crippen molar-refractivity contribution in [1.29, 1.82) is 0 Å². The zero-order valence-corrected chi connectivity index (χ0v) is 17.2. The highest BCUT2D eigenvalue weighted by Gasteiger charge is 2.26. The average molecular weight is 387 g/mol. The standard InChI is InChI=1S/C22H30FN3O2/c1-5-7-8-9-18(6-2)28-21(27)26-22(3,4)17-10-11-20(23)19(12-17)16-13-24-15-25-14-16/h10-15,18H,5-9H2,1-4H3,(H,26,27). The SMILES string of the molecule is CCCCCC(CC)OC(=O)NC(C)(C)c1ccc(F)c(-c2cncnc2)c1. The third kappa shape index (κ3) is 6.01. The third-order valence-corrected chi connectivity index (χ3v) is 4.83. The van der Waals surface area contributed by atoms with Gasteiger partial charge < -0.3 is 10.1 Å². The predicted molar refractivity (Wildman–Crippen MR) is 108 cm³/mol. The van der Waals surface area contributed by atoms with Gasteiger partial charge in [-0.3, -0.25) is 0 Å². The number of carbonyl (C=O) groups is 1. The number of carbonyl (C=O) groups excluding carboxylic acids is 1. The van der Waals surface area contributed by atoms with Crippen LogP contribution in [0.4, 0.5) is 9.18 Å². The summed E-state index contributed by atoms with van der Waals surface area (Å²) in [7, 11) is 0. The Labute approximate surface area is 166 Å². The molecule has 0 radical (unpaired) electrons. The van der Waals surface area contributed by atoms with Crippen molar-refractivity contribution in [2.75, 3.05) is 0 Å². The van der Waals surface area contributed by atoms with Gasteiger partial charge in [-0.25, -0.2) is 19.2 Å². The van der Waals surface area contributed by atoms with Crippen molar-refractivity contribution in [1.82, 2.24) is 15.3 Å². The summed E-state index contributed by atoms with van der Waals surface area (Å²) in [5.74, 6) is -0.362. The summed E-state index contributed by atoms with van der Waals surface area (Å²) >= 11 is 0. The van der Waals surface area contributed by atoms with Crippen molar-refractivity contribution in [3.63, 3.8) is 0 Å². The van der Waals surface area contributed by atoms with Crippen LogP contribution in [0.25, 0.3) is 11.1 Å². The summed E-state index contributed by atoms with van der Waals surface area (Å²) in [6.45, 7) is 7.90. The van der Waals surface area contributed by atoms with Crippen LogP contribution in [0.2, 0.25) is 0 Å². The number of rotatable bonds is 9. The van der Waals surface area contributed by atoms with Crippen LogP contribution in [0, 0.1) is 5.82 Å². The Kier molecular flexibility index (Phi) is 7.91. The molecular weight excluding hydrogens is 357 g/mol. The topological polar surface area (TPSA) is 64.1 Å². The Morgan fingerprint density at radius 2 is 1.93 bits per heavy atom. The van der Waals surface area contributed by atoms with Crippen LogP contribution in [0.15, 0.2) is 36.9 Å². The summed E-state index contributed by atoms with van der Waals surface area (Å²) in [5.41, 5.74) is 1.02. The monoisotopic (exact) mass is 387 g/mol. The number of halogens is 1. The van der Waals surface area contributed by atoms with Gasteiger partial charge in [0.15, 0.2) is 0 Å². The summed E-state index contributed by atoms with van der Waals surface area (Å²) < 4.78 is 19.9. The Balaban J connectivity index is 2.10. The second-order valence-electron chi connectivity index (χ2n) is 7.50. The highest BCUT2D eigenvalue weighted by atomic mass is 19.1. The van der Waals surface area contributed by atoms with E-state index in [9.17, 15) is 9.18 Å². The van der Waals surface area contributed by atoms with Gasteiger partial charge in [0.2, 0.25) is 0 Å². The lowest BCUT2D eigenvalue weighted by Gasteiger charge is -2.28. The number of unbranched alkanes of at least 4 members (excludes halogenated alkanes) is 2. The van der Waals surface area contributed by atoms with Crippen LogP contribution in [0.1, 0.15) is 65.4 Å². The molecule has 1 amide bonds. The van der Waals surface area contributed by atoms with Gasteiger partial charge in [-0.2, -0.15) is 0 Å². The van der Waals surface area contributed by atoms with Gasteiger partial charge in [0.1, 0.15) is 18.2 Å². The molecule has 1 heterocycles. The molecule has 1 unspecified atom stereocenters. The minimum absolute atomic E-state index is 0.0902. The normalized spacial score (nSPS) is 12.5. The molecule has 152 valence electrons. The van der Waals surface area contributed by atoms with Crippen molar-refractivity contribution in [3.05, 3.63) is 48.3 Å². The second-order valence-corrected chi connectivity index (χ2v) is 7.50. The van der Waals surface area contributed by atoms with E-state index in [1.54, 1.807) is 24.5 Å². The maximum absolute atomic E-state index is 14.3. The molecule has 28 heavy (non-hydrogen) atoms. The maximum Gasteiger partial charge on any atom is 0.408 e. The number of amides is 1. The van der Waals surface area contributed by atoms with Gasteiger partial charge >= 0.3 is 6.09 Å². The van der Waals surface area contributed by atoms with E-state index in [1.807, 2.05) is 20.8 Å². The number of benzene rings is 1. The molecule has 1 aromatic carbocycles. The molecular formula is C22H30FN3O2. The van der Waals surface area contributed by atoms with Crippen molar-refractivity contribution in [2.45, 2.75) is 71.4 Å². The van der Waals surface area contributed by atoms with E-state index in [1.165, 1.54) is 12.4 Å². The minimum atomic E-state index is -0.725. The summed E-state index contributed by atoms with van der Waals surface area (Å²) in [4.78, 5) is 20.3. The second kappa shape index (κ2) is 10.2. The Bertz CT molecular complexity index is 766. The van der Waals surface area contributed by atoms with Crippen LogP contribution in [-0.2, 0) is 10.3 Å². The van der Waals surface area contributed by atoms with Crippen LogP contribution in [0.5, 0.6) is 0 Å². The van der Waals surface area contributed by atoms with E-state index < -0.39 is 11.6 Å². The van der Waals surface area contributed by atoms with Gasteiger partial charge in [-0.05, 0) is 50.8 Å². The number of alkyl carbamates (subject to hydrolysis) is 1. The molecule has 0 aliphatic heterocycles. The van der Waals surface area contributed by atoms with Crippen LogP contribution in [-0.4, -0.2) is 22.2 Å². The van der Waals surface area contributed by atoms with Crippen LogP contribution >= 0.6 is 0 Å². The lowest BCUT2D eigenvalue weighted by atomic mass is 9.91. The largest absolute Gasteiger partial charge is 0.446 e. The molecule has 0 aliphatic rings. The summed E-state index contributed by atoms with van der Waals surface area (Å²) in [6, 6.07) is 4.78. The van der Waals surface area contributed by atoms with Gasteiger partial charge in [-0.1, -0.05) is 32.8 Å². The lowest BCUT2D eigenvalue weighted by Crippen LogP contribution is -2.42. The van der Waals surface area contributed by atoms with Crippen molar-refractivity contribution in [2.24, 2.45) is 0 Å². The fraction of sp³-hybridized carbons (Fsp3) is 0.500. The quantitative estimate of drug-likeness (QED) is 0.569. The first kappa shape index (κ1) is 21.8. The van der Waals surface area contributed by atoms with Crippen molar-refractivity contribution < 1.29 is 13.9 Å². The molecule has 0 bridgehead atoms. The van der Waals surface area contributed by atoms with Gasteiger partial charge in [0, 0.05) is 23.5 Å². The Morgan fingerprint density at radius 3 is 2.57 bits per heavy atom. The smallest absolute Gasteiger partial charge is 0.408 e. The number of hydrogen-bond acceptors (Lipinski definition) is 4. The first-order valence-corrected chi connectivity index (χ1v) is 9.91. The van der Waals surface area contributed by atoms with Crippen molar-refractivity contribution in [3.8, 4) is 11.1 Å². The van der Waals surface area contributed by atoms with Gasteiger partial charge in [0.25, 0.3) is 0 Å². The first-order chi connectivity index (χ1) is 13.4. The minimum Gasteiger partial charge on any atom is -0.446 e. The fourth-order valence-electron chi connectivity index (χ4n) is 3.05. The summed E-state index contributed by atoms with van der Waals surface area (Å²) in [5, 5.41) is 2.91. The van der Waals surface area contributed by atoms with Crippen LogP contribution < -0.4 is 5.32 Å². The molecule has 0 saturated heterocycles. The zero-order valence-electron chi connectivity index (χ0n) is 17.2. The molecule has 1 N–H and O–H groups in total. The van der Waals surface area contributed by atoms with E-state index >= 15 is 0 Å². The van der Waals surface area contributed by atoms with Crippen LogP contribution in [0.3, 0.4) is 0 Å². The number of aromatic nitrogens is 2. The van der Waals surface area contributed by atoms with E-state index in [2.05, 4.69) is 22.2 Å². The van der Waals surface area contributed by atoms with Gasteiger partial charge in [-0.15, -0.1) is 0 Å². The number of nitrogens with one attached hydrogen (secondary N) is 1. The van der Waals surface area contributed by atoms with E-state index in [4.69, 9.17) is 4.74 Å². The highest BCUT2D eigenvalue weighted by Crippen LogP contribution is 2.28. The molecule has 0 saturated carbocycles. The molecule has 5 nitrogen and oxygen atoms in total. The van der Waals surface area contributed by atoms with Gasteiger partial charge in [0.05, 0.1) is 5.54 Å². The highest BCUT2D eigenvalue weighted by molar-refractivity contribution is 5.69. The Hall–Kier alpha value is -2.50. The lowest BCUT2D eigenvalue weighted by molar-refractivity contribution is 0.0816. The molecule has 0 spiro atoms. The molecule has 2 aromatic rings. The Morgan fingerprint density at radius 1 is 1.21 bits per heavy atom. The molecule has 6 heteroatoms. The molecule has 0 fully saturated rings. The third-order valence-electron chi connectivity index (χ3n) is 4.83. The average Bonchev–Trinajstić information content (AvgIpc) is 2.67. The maximum atomic E-state index is 14.3. The zero-order chi connectivity index (χ0) is 20.6. The summed E-state index contributed by atoms with van der Waals surface area (Å²) in [6.07, 6.45) is 8.94. The van der Waals surface area contributed by atoms with E-state index in [0.29, 0.717) is 11.1 Å². The number of hydrogen-bond donors (Lipinski definition) is 1. The van der Waals surface area contributed by atoms with E-state index in [-0.39, 0.29) is 11.9 Å².